The summed E-state index contributed by atoms with van der Waals surface area (Å²) < 4.78 is 1.76. The maximum atomic E-state index is 10.0. The standard InChI is InChI=1S/C20H21N7O/c21-13-11-12(8-9-17(13)28)19-25-18(16-7-3-4-10-22-16)26-27(19)20-23-14-5-1-2-6-15(14)24-20/h1-7,10,12-13,17,28H,8-9,11,21H2,(H,23,24)/t12-,13+,17+/m0/s1. The van der Waals surface area contributed by atoms with E-state index in [2.05, 4.69) is 15.0 Å². The molecule has 3 atom stereocenters. The van der Waals surface area contributed by atoms with Crippen LogP contribution >= 0.6 is 0 Å². The van der Waals surface area contributed by atoms with Gasteiger partial charge in [-0.15, -0.1) is 5.10 Å². The van der Waals surface area contributed by atoms with Crippen molar-refractivity contribution in [1.29, 1.82) is 0 Å². The van der Waals surface area contributed by atoms with Gasteiger partial charge in [0.2, 0.25) is 11.8 Å². The Balaban J connectivity index is 1.62. The van der Waals surface area contributed by atoms with Crippen molar-refractivity contribution in [3.8, 4) is 17.5 Å². The van der Waals surface area contributed by atoms with Gasteiger partial charge in [-0.25, -0.2) is 9.97 Å². The van der Waals surface area contributed by atoms with Crippen molar-refractivity contribution < 1.29 is 5.11 Å². The maximum absolute atomic E-state index is 10.0. The summed E-state index contributed by atoms with van der Waals surface area (Å²) in [6.07, 6.45) is 3.37. The molecule has 28 heavy (non-hydrogen) atoms. The van der Waals surface area contributed by atoms with Gasteiger partial charge in [-0.3, -0.25) is 4.98 Å². The molecule has 1 aromatic carbocycles. The average molecular weight is 375 g/mol. The van der Waals surface area contributed by atoms with Crippen molar-refractivity contribution in [3.05, 3.63) is 54.5 Å². The molecule has 0 saturated heterocycles. The molecule has 4 aromatic rings. The number of hydrogen-bond acceptors (Lipinski definition) is 6. The molecule has 0 spiro atoms. The molecule has 3 aromatic heterocycles. The Morgan fingerprint density at radius 1 is 1.07 bits per heavy atom. The highest BCUT2D eigenvalue weighted by molar-refractivity contribution is 5.76. The van der Waals surface area contributed by atoms with Crippen molar-refractivity contribution in [2.24, 2.45) is 5.73 Å². The monoisotopic (exact) mass is 375 g/mol. The minimum Gasteiger partial charge on any atom is -0.392 e. The molecule has 3 heterocycles. The zero-order valence-corrected chi connectivity index (χ0v) is 15.2. The SMILES string of the molecule is N[C@@H]1C[C@@H](c2nc(-c3ccccn3)nn2-c2nc3ccccc3[nH]2)CC[C@H]1O. The Bertz CT molecular complexity index is 1070. The van der Waals surface area contributed by atoms with Crippen LogP contribution in [-0.4, -0.2) is 47.0 Å². The number of hydrogen-bond donors (Lipinski definition) is 3. The number of aliphatic hydroxyl groups excluding tert-OH is 1. The first-order valence-corrected chi connectivity index (χ1v) is 9.46. The largest absolute Gasteiger partial charge is 0.392 e. The van der Waals surface area contributed by atoms with Crippen LogP contribution in [0.2, 0.25) is 0 Å². The summed E-state index contributed by atoms with van der Waals surface area (Å²) in [6, 6.07) is 13.3. The summed E-state index contributed by atoms with van der Waals surface area (Å²) in [5.74, 6) is 2.06. The summed E-state index contributed by atoms with van der Waals surface area (Å²) in [4.78, 5) is 17.2. The number of para-hydroxylation sites is 2. The first-order valence-electron chi connectivity index (χ1n) is 9.46. The van der Waals surface area contributed by atoms with Crippen LogP contribution in [0.5, 0.6) is 0 Å². The summed E-state index contributed by atoms with van der Waals surface area (Å²) >= 11 is 0. The van der Waals surface area contributed by atoms with Crippen LogP contribution in [0.3, 0.4) is 0 Å². The number of rotatable bonds is 3. The number of fused-ring (bicyclic) bond motifs is 1. The number of benzene rings is 1. The third-order valence-electron chi connectivity index (χ3n) is 5.33. The highest BCUT2D eigenvalue weighted by Crippen LogP contribution is 2.33. The minimum absolute atomic E-state index is 0.0941. The van der Waals surface area contributed by atoms with Crippen molar-refractivity contribution >= 4 is 11.0 Å². The van der Waals surface area contributed by atoms with Crippen molar-refractivity contribution in [1.82, 2.24) is 29.7 Å². The zero-order chi connectivity index (χ0) is 19.1. The zero-order valence-electron chi connectivity index (χ0n) is 15.2. The van der Waals surface area contributed by atoms with Crippen LogP contribution in [0.4, 0.5) is 0 Å². The number of aromatic amines is 1. The number of imidazole rings is 1. The second-order valence-electron chi connectivity index (χ2n) is 7.24. The van der Waals surface area contributed by atoms with Gasteiger partial charge < -0.3 is 15.8 Å². The molecule has 0 unspecified atom stereocenters. The number of pyridine rings is 1. The van der Waals surface area contributed by atoms with Gasteiger partial charge in [-0.1, -0.05) is 18.2 Å². The van der Waals surface area contributed by atoms with Gasteiger partial charge in [0.15, 0.2) is 0 Å². The Labute approximate surface area is 161 Å². The molecule has 0 amide bonds. The predicted molar refractivity (Wildman–Crippen MR) is 105 cm³/mol. The minimum atomic E-state index is -0.464. The third-order valence-corrected chi connectivity index (χ3v) is 5.33. The molecule has 4 N–H and O–H groups in total. The van der Waals surface area contributed by atoms with E-state index in [1.54, 1.807) is 10.9 Å². The number of aromatic nitrogens is 6. The maximum Gasteiger partial charge on any atom is 0.230 e. The third kappa shape index (κ3) is 2.96. The average Bonchev–Trinajstić information content (AvgIpc) is 3.35. The second kappa shape index (κ2) is 6.81. The lowest BCUT2D eigenvalue weighted by Crippen LogP contribution is -2.40. The van der Waals surface area contributed by atoms with Crippen LogP contribution in [0.1, 0.15) is 31.0 Å². The summed E-state index contributed by atoms with van der Waals surface area (Å²) in [6.45, 7) is 0. The van der Waals surface area contributed by atoms with Gasteiger partial charge in [0.25, 0.3) is 0 Å². The Kier molecular flexibility index (Phi) is 4.14. The number of nitrogens with two attached hydrogens (primary N) is 1. The van der Waals surface area contributed by atoms with E-state index in [1.165, 1.54) is 0 Å². The van der Waals surface area contributed by atoms with E-state index in [9.17, 15) is 5.11 Å². The number of H-pyrrole nitrogens is 1. The molecule has 1 aliphatic carbocycles. The first kappa shape index (κ1) is 17.0. The van der Waals surface area contributed by atoms with Crippen LogP contribution < -0.4 is 5.73 Å². The Morgan fingerprint density at radius 2 is 1.93 bits per heavy atom. The molecule has 8 nitrogen and oxygen atoms in total. The van der Waals surface area contributed by atoms with E-state index in [0.29, 0.717) is 30.3 Å². The Morgan fingerprint density at radius 3 is 2.71 bits per heavy atom. The van der Waals surface area contributed by atoms with Gasteiger partial charge >= 0.3 is 0 Å². The quantitative estimate of drug-likeness (QED) is 0.505. The van der Waals surface area contributed by atoms with E-state index in [1.807, 2.05) is 42.5 Å². The number of aliphatic hydroxyl groups is 1. The normalized spacial score (nSPS) is 22.6. The van der Waals surface area contributed by atoms with Gasteiger partial charge in [0.05, 0.1) is 17.1 Å². The van der Waals surface area contributed by atoms with Crippen molar-refractivity contribution in [2.45, 2.75) is 37.3 Å². The smallest absolute Gasteiger partial charge is 0.230 e. The van der Waals surface area contributed by atoms with E-state index in [-0.39, 0.29) is 12.0 Å². The van der Waals surface area contributed by atoms with E-state index >= 15 is 0 Å². The second-order valence-corrected chi connectivity index (χ2v) is 7.24. The molecule has 0 bridgehead atoms. The molecule has 1 aliphatic rings. The molecule has 8 heteroatoms. The lowest BCUT2D eigenvalue weighted by Gasteiger charge is -2.30. The van der Waals surface area contributed by atoms with Gasteiger partial charge in [-0.2, -0.15) is 4.68 Å². The Hall–Kier alpha value is -3.10. The van der Waals surface area contributed by atoms with Crippen molar-refractivity contribution in [2.75, 3.05) is 0 Å². The van der Waals surface area contributed by atoms with E-state index in [4.69, 9.17) is 15.8 Å². The van der Waals surface area contributed by atoms with Crippen LogP contribution in [-0.2, 0) is 0 Å². The van der Waals surface area contributed by atoms with Crippen molar-refractivity contribution in [3.63, 3.8) is 0 Å². The highest BCUT2D eigenvalue weighted by atomic mass is 16.3. The predicted octanol–water partition coefficient (Wildman–Crippen LogP) is 2.16. The highest BCUT2D eigenvalue weighted by Gasteiger charge is 2.32. The molecule has 5 rings (SSSR count). The fraction of sp³-hybridized carbons (Fsp3) is 0.300. The van der Waals surface area contributed by atoms with Gasteiger partial charge in [-0.05, 0) is 43.5 Å². The fourth-order valence-electron chi connectivity index (χ4n) is 3.81. The van der Waals surface area contributed by atoms with E-state index in [0.717, 1.165) is 23.3 Å². The molecule has 142 valence electrons. The van der Waals surface area contributed by atoms with Gasteiger partial charge in [0.1, 0.15) is 11.5 Å². The molecular weight excluding hydrogens is 354 g/mol. The number of nitrogens with one attached hydrogen (secondary N) is 1. The molecule has 0 radical (unpaired) electrons. The molecule has 1 saturated carbocycles. The fourth-order valence-corrected chi connectivity index (χ4v) is 3.81. The topological polar surface area (TPSA) is 119 Å². The lowest BCUT2D eigenvalue weighted by molar-refractivity contribution is 0.0989. The van der Waals surface area contributed by atoms with Crippen LogP contribution in [0.15, 0.2) is 48.7 Å². The van der Waals surface area contributed by atoms with Crippen LogP contribution in [0, 0.1) is 0 Å². The summed E-state index contributed by atoms with van der Waals surface area (Å²) in [5.41, 5.74) is 8.65. The molecular formula is C20H21N7O. The lowest BCUT2D eigenvalue weighted by atomic mass is 9.84. The summed E-state index contributed by atoms with van der Waals surface area (Å²) in [7, 11) is 0. The molecule has 0 aliphatic heterocycles. The number of nitrogens with zero attached hydrogens (tertiary/aromatic N) is 5. The van der Waals surface area contributed by atoms with Crippen LogP contribution in [0.25, 0.3) is 28.5 Å². The van der Waals surface area contributed by atoms with Gasteiger partial charge in [0, 0.05) is 18.2 Å². The molecule has 1 fully saturated rings. The summed E-state index contributed by atoms with van der Waals surface area (Å²) in [5, 5.41) is 14.7. The first-order chi connectivity index (χ1) is 13.7. The van der Waals surface area contributed by atoms with E-state index < -0.39 is 6.10 Å².